The Hall–Kier alpha value is -3.34. The molecule has 0 bridgehead atoms. The summed E-state index contributed by atoms with van der Waals surface area (Å²) in [6.45, 7) is 6.42. The topological polar surface area (TPSA) is 58.5 Å². The lowest BCUT2D eigenvalue weighted by molar-refractivity contribution is 0.415. The van der Waals surface area contributed by atoms with Gasteiger partial charge in [0, 0.05) is 34.7 Å². The number of hydrogen-bond acceptors (Lipinski definition) is 5. The van der Waals surface area contributed by atoms with Crippen molar-refractivity contribution in [2.75, 3.05) is 12.4 Å². The number of rotatable bonds is 3. The van der Waals surface area contributed by atoms with E-state index < -0.39 is 0 Å². The van der Waals surface area contributed by atoms with Gasteiger partial charge >= 0.3 is 0 Å². The first-order chi connectivity index (χ1) is 13.9. The van der Waals surface area contributed by atoms with Gasteiger partial charge in [-0.15, -0.1) is 0 Å². The number of amidine groups is 1. The first kappa shape index (κ1) is 19.0. The molecule has 1 aliphatic rings. The molecule has 1 atom stereocenters. The summed E-state index contributed by atoms with van der Waals surface area (Å²) in [5.74, 6) is 1.72. The third kappa shape index (κ3) is 4.24. The maximum atomic E-state index is 5.38. The molecule has 1 aliphatic heterocycles. The van der Waals surface area contributed by atoms with Crippen molar-refractivity contribution in [2.45, 2.75) is 32.5 Å². The molecule has 0 radical (unpaired) electrons. The van der Waals surface area contributed by atoms with E-state index in [4.69, 9.17) is 9.73 Å². The van der Waals surface area contributed by atoms with Gasteiger partial charge in [-0.05, 0) is 62.2 Å². The van der Waals surface area contributed by atoms with E-state index in [-0.39, 0.29) is 11.7 Å². The van der Waals surface area contributed by atoms with Gasteiger partial charge in [-0.3, -0.25) is 4.98 Å². The molecule has 2 aromatic carbocycles. The third-order valence-electron chi connectivity index (χ3n) is 4.72. The monoisotopic (exact) mass is 386 g/mol. The summed E-state index contributed by atoms with van der Waals surface area (Å²) < 4.78 is 5.38. The van der Waals surface area contributed by atoms with Crippen LogP contribution in [0.15, 0.2) is 72.0 Å². The molecule has 0 spiro atoms. The van der Waals surface area contributed by atoms with Crippen LogP contribution in [0.1, 0.15) is 38.1 Å². The van der Waals surface area contributed by atoms with Crippen LogP contribution in [0.25, 0.3) is 11.1 Å². The van der Waals surface area contributed by atoms with Crippen LogP contribution in [0, 0.1) is 0 Å². The van der Waals surface area contributed by atoms with Gasteiger partial charge in [-0.1, -0.05) is 24.3 Å². The number of aliphatic imine (C=N–C) groups is 1. The van der Waals surface area contributed by atoms with E-state index in [2.05, 4.69) is 60.7 Å². The van der Waals surface area contributed by atoms with Gasteiger partial charge < -0.3 is 15.4 Å². The Labute approximate surface area is 171 Å². The molecule has 0 amide bonds. The highest BCUT2D eigenvalue weighted by atomic mass is 16.5. The van der Waals surface area contributed by atoms with Crippen molar-refractivity contribution in [3.05, 3.63) is 78.1 Å². The van der Waals surface area contributed by atoms with Crippen LogP contribution in [-0.4, -0.2) is 23.5 Å². The molecule has 1 unspecified atom stereocenters. The molecule has 4 rings (SSSR count). The molecule has 1 aromatic heterocycles. The summed E-state index contributed by atoms with van der Waals surface area (Å²) in [5.41, 5.74) is 5.25. The van der Waals surface area contributed by atoms with Crippen LogP contribution in [0.3, 0.4) is 0 Å². The molecule has 148 valence electrons. The number of pyridine rings is 1. The largest absolute Gasteiger partial charge is 0.497 e. The van der Waals surface area contributed by atoms with E-state index in [0.29, 0.717) is 0 Å². The smallest absolute Gasteiger partial charge is 0.148 e. The SMILES string of the molecule is COc1cccc(-c2ccc3c(c2)C(NC(C)(C)C)=NC(c2cccnc2)N3)c1. The summed E-state index contributed by atoms with van der Waals surface area (Å²) in [6, 6.07) is 18.5. The van der Waals surface area contributed by atoms with Gasteiger partial charge in [-0.25, -0.2) is 4.99 Å². The Bertz CT molecular complexity index is 1040. The quantitative estimate of drug-likeness (QED) is 0.664. The van der Waals surface area contributed by atoms with Crippen LogP contribution in [0.2, 0.25) is 0 Å². The minimum Gasteiger partial charge on any atom is -0.497 e. The minimum atomic E-state index is -0.177. The number of nitrogens with one attached hydrogen (secondary N) is 2. The number of methoxy groups -OCH3 is 1. The predicted octanol–water partition coefficient (Wildman–Crippen LogP) is 5.02. The zero-order valence-electron chi connectivity index (χ0n) is 17.2. The Morgan fingerprint density at radius 1 is 1.00 bits per heavy atom. The molecule has 0 saturated heterocycles. The third-order valence-corrected chi connectivity index (χ3v) is 4.72. The summed E-state index contributed by atoms with van der Waals surface area (Å²) in [6.07, 6.45) is 3.45. The zero-order valence-corrected chi connectivity index (χ0v) is 17.2. The van der Waals surface area contributed by atoms with Crippen molar-refractivity contribution in [1.82, 2.24) is 10.3 Å². The molecule has 0 fully saturated rings. The van der Waals surface area contributed by atoms with Crippen molar-refractivity contribution < 1.29 is 4.74 Å². The molecule has 5 heteroatoms. The summed E-state index contributed by atoms with van der Waals surface area (Å²) in [5, 5.41) is 7.12. The van der Waals surface area contributed by atoms with Gasteiger partial charge in [0.15, 0.2) is 0 Å². The van der Waals surface area contributed by atoms with Gasteiger partial charge in [0.1, 0.15) is 17.8 Å². The van der Waals surface area contributed by atoms with Crippen LogP contribution in [-0.2, 0) is 0 Å². The van der Waals surface area contributed by atoms with E-state index in [0.717, 1.165) is 39.5 Å². The highest BCUT2D eigenvalue weighted by Gasteiger charge is 2.25. The van der Waals surface area contributed by atoms with E-state index >= 15 is 0 Å². The fraction of sp³-hybridized carbons (Fsp3) is 0.250. The van der Waals surface area contributed by atoms with E-state index in [1.54, 1.807) is 13.3 Å². The van der Waals surface area contributed by atoms with E-state index in [9.17, 15) is 0 Å². The second-order valence-corrected chi connectivity index (χ2v) is 8.18. The Kier molecular flexibility index (Phi) is 4.97. The lowest BCUT2D eigenvalue weighted by Gasteiger charge is -2.31. The van der Waals surface area contributed by atoms with Gasteiger partial charge in [-0.2, -0.15) is 0 Å². The molecule has 5 nitrogen and oxygen atoms in total. The van der Waals surface area contributed by atoms with Crippen molar-refractivity contribution in [2.24, 2.45) is 4.99 Å². The number of aromatic nitrogens is 1. The molecule has 29 heavy (non-hydrogen) atoms. The average Bonchev–Trinajstić information content (AvgIpc) is 2.73. The second kappa shape index (κ2) is 7.59. The lowest BCUT2D eigenvalue weighted by Crippen LogP contribution is -2.43. The highest BCUT2D eigenvalue weighted by molar-refractivity contribution is 6.06. The van der Waals surface area contributed by atoms with Gasteiger partial charge in [0.05, 0.1) is 7.11 Å². The van der Waals surface area contributed by atoms with E-state index in [1.807, 2.05) is 36.5 Å². The first-order valence-electron chi connectivity index (χ1n) is 9.74. The molecular formula is C24H26N4O. The Balaban J connectivity index is 1.77. The fourth-order valence-electron chi connectivity index (χ4n) is 3.38. The molecule has 2 heterocycles. The predicted molar refractivity (Wildman–Crippen MR) is 118 cm³/mol. The molecule has 3 aromatic rings. The van der Waals surface area contributed by atoms with Gasteiger partial charge in [0.2, 0.25) is 0 Å². The van der Waals surface area contributed by atoms with Gasteiger partial charge in [0.25, 0.3) is 0 Å². The molecular weight excluding hydrogens is 360 g/mol. The van der Waals surface area contributed by atoms with Crippen molar-refractivity contribution in [3.63, 3.8) is 0 Å². The van der Waals surface area contributed by atoms with Crippen LogP contribution in [0.5, 0.6) is 5.75 Å². The maximum Gasteiger partial charge on any atom is 0.148 e. The summed E-state index contributed by atoms with van der Waals surface area (Å²) >= 11 is 0. The van der Waals surface area contributed by atoms with Crippen molar-refractivity contribution >= 4 is 11.5 Å². The average molecular weight is 386 g/mol. The maximum absolute atomic E-state index is 5.38. The lowest BCUT2D eigenvalue weighted by atomic mass is 9.98. The zero-order chi connectivity index (χ0) is 20.4. The number of fused-ring (bicyclic) bond motifs is 1. The summed E-state index contributed by atoms with van der Waals surface area (Å²) in [7, 11) is 1.69. The standard InChI is InChI=1S/C24H26N4O/c1-24(2,3)28-23-20-14-17(16-7-5-9-19(13-16)29-4)10-11-21(20)26-22(27-23)18-8-6-12-25-15-18/h5-15,22,26H,1-4H3,(H,27,28). The number of benzene rings is 2. The Morgan fingerprint density at radius 3 is 2.55 bits per heavy atom. The summed E-state index contributed by atoms with van der Waals surface area (Å²) in [4.78, 5) is 9.22. The van der Waals surface area contributed by atoms with Crippen LogP contribution < -0.4 is 15.4 Å². The normalized spacial score (nSPS) is 15.7. The first-order valence-corrected chi connectivity index (χ1v) is 9.74. The molecule has 0 aliphatic carbocycles. The van der Waals surface area contributed by atoms with Crippen molar-refractivity contribution in [1.29, 1.82) is 0 Å². The van der Waals surface area contributed by atoms with E-state index in [1.165, 1.54) is 0 Å². The van der Waals surface area contributed by atoms with Crippen LogP contribution >= 0.6 is 0 Å². The number of hydrogen-bond donors (Lipinski definition) is 2. The highest BCUT2D eigenvalue weighted by Crippen LogP contribution is 2.33. The fourth-order valence-corrected chi connectivity index (χ4v) is 3.38. The number of ether oxygens (including phenoxy) is 1. The minimum absolute atomic E-state index is 0.112. The second-order valence-electron chi connectivity index (χ2n) is 8.18. The molecule has 0 saturated carbocycles. The molecule has 2 N–H and O–H groups in total. The van der Waals surface area contributed by atoms with Crippen LogP contribution in [0.4, 0.5) is 5.69 Å². The number of anilines is 1. The van der Waals surface area contributed by atoms with Crippen molar-refractivity contribution in [3.8, 4) is 16.9 Å². The number of nitrogens with zero attached hydrogens (tertiary/aromatic N) is 2. The Morgan fingerprint density at radius 2 is 1.83 bits per heavy atom.